The van der Waals surface area contributed by atoms with E-state index in [1.54, 1.807) is 19.1 Å². The van der Waals surface area contributed by atoms with Crippen molar-refractivity contribution in [2.45, 2.75) is 13.3 Å². The van der Waals surface area contributed by atoms with Gasteiger partial charge in [0, 0.05) is 12.2 Å². The molecule has 0 aliphatic carbocycles. The number of hydrogen-bond donors (Lipinski definition) is 0. The van der Waals surface area contributed by atoms with E-state index >= 15 is 0 Å². The van der Waals surface area contributed by atoms with Gasteiger partial charge in [0.05, 0.1) is 12.5 Å². The molecule has 0 aromatic heterocycles. The van der Waals surface area contributed by atoms with E-state index in [1.165, 1.54) is 0 Å². The number of benzene rings is 2. The van der Waals surface area contributed by atoms with Crippen molar-refractivity contribution in [1.82, 2.24) is 0 Å². The number of fused-ring (bicyclic) bond motifs is 1. The standard InChI is InChI=1S/C17H16O4/c1-11(18)12-2-3-14-9-16(5-4-13(14)8-12)21-17(19)15-6-7-20-10-15/h2-5,8-9,15H,6-7,10H2,1H3/t15-/m1/s1. The van der Waals surface area contributed by atoms with E-state index in [2.05, 4.69) is 0 Å². The van der Waals surface area contributed by atoms with Crippen LogP contribution in [0.3, 0.4) is 0 Å². The molecule has 0 N–H and O–H groups in total. The Morgan fingerprint density at radius 1 is 1.14 bits per heavy atom. The summed E-state index contributed by atoms with van der Waals surface area (Å²) in [6.07, 6.45) is 0.717. The molecule has 4 heteroatoms. The molecule has 0 amide bonds. The first-order chi connectivity index (χ1) is 10.1. The Bertz CT molecular complexity index is 699. The summed E-state index contributed by atoms with van der Waals surface area (Å²) in [5.74, 6) is 0.150. The van der Waals surface area contributed by atoms with E-state index in [0.29, 0.717) is 30.9 Å². The topological polar surface area (TPSA) is 52.6 Å². The van der Waals surface area contributed by atoms with Crippen molar-refractivity contribution in [3.63, 3.8) is 0 Å². The molecular weight excluding hydrogens is 268 g/mol. The Hall–Kier alpha value is -2.20. The Kier molecular flexibility index (Phi) is 3.71. The normalized spacial score (nSPS) is 17.9. The van der Waals surface area contributed by atoms with E-state index in [-0.39, 0.29) is 17.7 Å². The SMILES string of the molecule is CC(=O)c1ccc2cc(OC(=O)[C@@H]3CCOC3)ccc2c1. The third kappa shape index (κ3) is 2.95. The number of ketones is 1. The molecule has 4 nitrogen and oxygen atoms in total. The van der Waals surface area contributed by atoms with Crippen molar-refractivity contribution in [3.8, 4) is 5.75 Å². The summed E-state index contributed by atoms with van der Waals surface area (Å²) in [4.78, 5) is 23.3. The van der Waals surface area contributed by atoms with Gasteiger partial charge >= 0.3 is 5.97 Å². The summed E-state index contributed by atoms with van der Waals surface area (Å²) < 4.78 is 10.6. The average molecular weight is 284 g/mol. The van der Waals surface area contributed by atoms with Crippen molar-refractivity contribution < 1.29 is 19.1 Å². The second-order valence-electron chi connectivity index (χ2n) is 5.26. The van der Waals surface area contributed by atoms with E-state index in [1.807, 2.05) is 24.3 Å². The summed E-state index contributed by atoms with van der Waals surface area (Å²) in [6.45, 7) is 2.60. The van der Waals surface area contributed by atoms with Crippen molar-refractivity contribution in [1.29, 1.82) is 0 Å². The second kappa shape index (κ2) is 5.66. The number of hydrogen-bond acceptors (Lipinski definition) is 4. The smallest absolute Gasteiger partial charge is 0.316 e. The van der Waals surface area contributed by atoms with Crippen LogP contribution in [0.2, 0.25) is 0 Å². The highest BCUT2D eigenvalue weighted by Crippen LogP contribution is 2.24. The van der Waals surface area contributed by atoms with E-state index in [9.17, 15) is 9.59 Å². The molecule has 1 saturated heterocycles. The van der Waals surface area contributed by atoms with Crippen LogP contribution in [0.5, 0.6) is 5.75 Å². The Labute approximate surface area is 122 Å². The molecule has 0 bridgehead atoms. The molecular formula is C17H16O4. The summed E-state index contributed by atoms with van der Waals surface area (Å²) in [5, 5.41) is 1.89. The number of carbonyl (C=O) groups excluding carboxylic acids is 2. The number of rotatable bonds is 3. The van der Waals surface area contributed by atoms with E-state index < -0.39 is 0 Å². The van der Waals surface area contributed by atoms with Gasteiger partial charge in [-0.25, -0.2) is 0 Å². The zero-order chi connectivity index (χ0) is 14.8. The average Bonchev–Trinajstić information content (AvgIpc) is 3.01. The van der Waals surface area contributed by atoms with Crippen LogP contribution in [0.25, 0.3) is 10.8 Å². The van der Waals surface area contributed by atoms with Gasteiger partial charge in [0.25, 0.3) is 0 Å². The summed E-state index contributed by atoms with van der Waals surface area (Å²) >= 11 is 0. The first-order valence-electron chi connectivity index (χ1n) is 6.98. The number of ether oxygens (including phenoxy) is 2. The predicted octanol–water partition coefficient (Wildman–Crippen LogP) is 2.98. The Morgan fingerprint density at radius 3 is 2.62 bits per heavy atom. The number of esters is 1. The lowest BCUT2D eigenvalue weighted by molar-refractivity contribution is -0.138. The van der Waals surface area contributed by atoms with Gasteiger partial charge in [0.2, 0.25) is 0 Å². The highest BCUT2D eigenvalue weighted by Gasteiger charge is 2.25. The molecule has 2 aromatic rings. The predicted molar refractivity (Wildman–Crippen MR) is 78.5 cm³/mol. The lowest BCUT2D eigenvalue weighted by Crippen LogP contribution is -2.20. The molecule has 1 aliphatic rings. The largest absolute Gasteiger partial charge is 0.426 e. The second-order valence-corrected chi connectivity index (χ2v) is 5.26. The third-order valence-corrected chi connectivity index (χ3v) is 3.70. The number of carbonyl (C=O) groups is 2. The van der Waals surface area contributed by atoms with Crippen molar-refractivity contribution in [3.05, 3.63) is 42.0 Å². The Balaban J connectivity index is 1.82. The van der Waals surface area contributed by atoms with Crippen LogP contribution in [0.1, 0.15) is 23.7 Å². The highest BCUT2D eigenvalue weighted by atomic mass is 16.5. The number of Topliss-reactive ketones (excluding diaryl/α,β-unsaturated/α-hetero) is 1. The zero-order valence-corrected chi connectivity index (χ0v) is 11.8. The molecule has 108 valence electrons. The minimum atomic E-state index is -0.243. The van der Waals surface area contributed by atoms with E-state index in [0.717, 1.165) is 10.8 Å². The van der Waals surface area contributed by atoms with Gasteiger partial charge in [-0.2, -0.15) is 0 Å². The van der Waals surface area contributed by atoms with Crippen molar-refractivity contribution in [2.75, 3.05) is 13.2 Å². The van der Waals surface area contributed by atoms with Crippen LogP contribution < -0.4 is 4.74 Å². The lowest BCUT2D eigenvalue weighted by Gasteiger charge is -2.09. The Morgan fingerprint density at radius 2 is 1.90 bits per heavy atom. The molecule has 1 heterocycles. The molecule has 1 aliphatic heterocycles. The molecule has 1 atom stereocenters. The summed E-state index contributed by atoms with van der Waals surface area (Å²) in [7, 11) is 0. The van der Waals surface area contributed by atoms with Gasteiger partial charge in [0.1, 0.15) is 5.75 Å². The fourth-order valence-electron chi connectivity index (χ4n) is 2.43. The fourth-order valence-corrected chi connectivity index (χ4v) is 2.43. The van der Waals surface area contributed by atoms with Crippen LogP contribution in [-0.2, 0) is 9.53 Å². The summed E-state index contributed by atoms with van der Waals surface area (Å²) in [5.41, 5.74) is 0.676. The molecule has 21 heavy (non-hydrogen) atoms. The zero-order valence-electron chi connectivity index (χ0n) is 11.8. The van der Waals surface area contributed by atoms with Crippen LogP contribution in [0, 0.1) is 5.92 Å². The molecule has 0 radical (unpaired) electrons. The maximum atomic E-state index is 11.9. The first-order valence-corrected chi connectivity index (χ1v) is 6.98. The molecule has 0 spiro atoms. The molecule has 1 fully saturated rings. The molecule has 3 rings (SSSR count). The molecule has 0 saturated carbocycles. The van der Waals surface area contributed by atoms with Gasteiger partial charge in [-0.15, -0.1) is 0 Å². The first kappa shape index (κ1) is 13.8. The van der Waals surface area contributed by atoms with Crippen LogP contribution in [-0.4, -0.2) is 25.0 Å². The van der Waals surface area contributed by atoms with Gasteiger partial charge in [0.15, 0.2) is 5.78 Å². The van der Waals surface area contributed by atoms with Gasteiger partial charge in [-0.05, 0) is 42.3 Å². The molecule has 0 unspecified atom stereocenters. The lowest BCUT2D eigenvalue weighted by atomic mass is 10.0. The van der Waals surface area contributed by atoms with Gasteiger partial charge in [-0.1, -0.05) is 18.2 Å². The van der Waals surface area contributed by atoms with Gasteiger partial charge in [-0.3, -0.25) is 9.59 Å². The highest BCUT2D eigenvalue weighted by molar-refractivity contribution is 5.98. The van der Waals surface area contributed by atoms with Crippen molar-refractivity contribution in [2.24, 2.45) is 5.92 Å². The van der Waals surface area contributed by atoms with Gasteiger partial charge < -0.3 is 9.47 Å². The van der Waals surface area contributed by atoms with Crippen molar-refractivity contribution >= 4 is 22.5 Å². The third-order valence-electron chi connectivity index (χ3n) is 3.70. The minimum Gasteiger partial charge on any atom is -0.426 e. The van der Waals surface area contributed by atoms with E-state index in [4.69, 9.17) is 9.47 Å². The van der Waals surface area contributed by atoms with Crippen LogP contribution in [0.4, 0.5) is 0 Å². The quantitative estimate of drug-likeness (QED) is 0.494. The fraction of sp³-hybridized carbons (Fsp3) is 0.294. The monoisotopic (exact) mass is 284 g/mol. The van der Waals surface area contributed by atoms with Crippen LogP contribution in [0.15, 0.2) is 36.4 Å². The summed E-state index contributed by atoms with van der Waals surface area (Å²) in [6, 6.07) is 10.9. The maximum Gasteiger partial charge on any atom is 0.316 e. The van der Waals surface area contributed by atoms with Crippen LogP contribution >= 0.6 is 0 Å². The maximum absolute atomic E-state index is 11.9. The molecule has 2 aromatic carbocycles. The minimum absolute atomic E-state index is 0.0358.